The molecule has 0 unspecified atom stereocenters. The normalized spacial score (nSPS) is 52.1. The van der Waals surface area contributed by atoms with Crippen LogP contribution in [0.1, 0.15) is 13.8 Å². The summed E-state index contributed by atoms with van der Waals surface area (Å²) in [6, 6.07) is -3.73. The summed E-state index contributed by atoms with van der Waals surface area (Å²) in [4.78, 5) is 25.4. The first-order chi connectivity index (χ1) is 71.1. The topological polar surface area (TPSA) is 1080 Å². The number of hydrogen-bond acceptors (Lipinski definition) is 66. The number of rotatable bonds is 39. The average Bonchev–Trinajstić information content (AvgIpc) is 0.761. The molecule has 0 spiro atoms. The van der Waals surface area contributed by atoms with Crippen molar-refractivity contribution < 1.29 is 327 Å². The first-order valence-corrected chi connectivity index (χ1v) is 47.7. The Bertz CT molecular complexity index is 4080. The Balaban J connectivity index is 0.766. The Morgan fingerprint density at radius 1 is 0.173 bits per heavy atom. The van der Waals surface area contributed by atoms with E-state index in [1.165, 1.54) is 0 Å². The molecule has 2 amide bonds. The van der Waals surface area contributed by atoms with Crippen molar-refractivity contribution in [3.05, 3.63) is 0 Å². The highest BCUT2D eigenvalue weighted by atomic mass is 16.8. The highest BCUT2D eigenvalue weighted by molar-refractivity contribution is 5.73. The van der Waals surface area contributed by atoms with E-state index in [1.807, 2.05) is 0 Å². The molecule has 65 atom stereocenters. The summed E-state index contributed by atoms with van der Waals surface area (Å²) in [5.74, 6) is -1.84. The second kappa shape index (κ2) is 53.8. The molecule has 0 radical (unpaired) electrons. The summed E-state index contributed by atoms with van der Waals surface area (Å²) in [7, 11) is 0. The van der Waals surface area contributed by atoms with Crippen LogP contribution in [0.3, 0.4) is 0 Å². The van der Waals surface area contributed by atoms with Gasteiger partial charge < -0.3 is 328 Å². The molecule has 13 heterocycles. The number of carbonyl (C=O) groups is 2. The van der Waals surface area contributed by atoms with Crippen LogP contribution in [0.4, 0.5) is 0 Å². The predicted molar refractivity (Wildman–Crippen MR) is 451 cm³/mol. The molecule has 872 valence electrons. The van der Waals surface area contributed by atoms with Gasteiger partial charge in [0, 0.05) is 13.8 Å². The lowest BCUT2D eigenvalue weighted by atomic mass is 9.94. The summed E-state index contributed by atoms with van der Waals surface area (Å²) in [5.41, 5.74) is 0. The number of amides is 2. The van der Waals surface area contributed by atoms with Crippen molar-refractivity contribution in [2.24, 2.45) is 0 Å². The molecule has 68 nitrogen and oxygen atoms in total. The molecule has 0 saturated carbocycles. The Hall–Kier alpha value is -3.62. The fourth-order valence-corrected chi connectivity index (χ4v) is 19.4. The van der Waals surface area contributed by atoms with Crippen LogP contribution in [-0.2, 0) is 128 Å². The highest BCUT2D eigenvalue weighted by Crippen LogP contribution is 2.44. The molecule has 0 aromatic heterocycles. The van der Waals surface area contributed by atoms with Crippen LogP contribution in [0.2, 0.25) is 0 Å². The number of aliphatic hydroxyl groups is 39. The van der Waals surface area contributed by atoms with E-state index in [1.54, 1.807) is 0 Å². The van der Waals surface area contributed by atoms with Gasteiger partial charge in [-0.15, -0.1) is 0 Å². The van der Waals surface area contributed by atoms with Crippen molar-refractivity contribution in [3.8, 4) is 0 Å². The fourth-order valence-electron chi connectivity index (χ4n) is 19.4. The second-order valence-corrected chi connectivity index (χ2v) is 38.0. The van der Waals surface area contributed by atoms with E-state index in [0.717, 1.165) is 13.8 Å². The zero-order valence-electron chi connectivity index (χ0n) is 79.2. The van der Waals surface area contributed by atoms with E-state index in [9.17, 15) is 209 Å². The lowest BCUT2D eigenvalue weighted by Gasteiger charge is -2.51. The summed E-state index contributed by atoms with van der Waals surface area (Å²) >= 11 is 0. The molecule has 13 rings (SSSR count). The molecule has 0 aliphatic carbocycles. The van der Waals surface area contributed by atoms with E-state index in [4.69, 9.17) is 118 Å². The maximum atomic E-state index is 13.1. The molecular formula is C82H138N2O66. The van der Waals surface area contributed by atoms with Gasteiger partial charge in [-0.1, -0.05) is 0 Å². The summed E-state index contributed by atoms with van der Waals surface area (Å²) in [6.45, 7) is -13.3. The first kappa shape index (κ1) is 123. The van der Waals surface area contributed by atoms with Gasteiger partial charge in [0.05, 0.1) is 85.9 Å². The van der Waals surface area contributed by atoms with Crippen molar-refractivity contribution >= 4 is 11.8 Å². The van der Waals surface area contributed by atoms with Gasteiger partial charge in [0.15, 0.2) is 81.8 Å². The molecule has 68 heteroatoms. The van der Waals surface area contributed by atoms with Crippen molar-refractivity contribution in [1.82, 2.24) is 10.6 Å². The molecular weight excluding hydrogens is 2070 g/mol. The molecule has 13 fully saturated rings. The number of aliphatic hydroxyl groups excluding tert-OH is 39. The molecule has 0 bridgehead atoms. The zero-order valence-corrected chi connectivity index (χ0v) is 79.2. The van der Waals surface area contributed by atoms with Gasteiger partial charge in [0.2, 0.25) is 11.8 Å². The Morgan fingerprint density at radius 2 is 0.360 bits per heavy atom. The van der Waals surface area contributed by atoms with E-state index in [2.05, 4.69) is 10.6 Å². The van der Waals surface area contributed by atoms with Gasteiger partial charge in [-0.3, -0.25) is 9.59 Å². The van der Waals surface area contributed by atoms with Gasteiger partial charge in [-0.25, -0.2) is 0 Å². The molecule has 0 aromatic carbocycles. The van der Waals surface area contributed by atoms with Crippen LogP contribution in [0.5, 0.6) is 0 Å². The lowest BCUT2D eigenvalue weighted by Crippen LogP contribution is -2.70. The molecule has 13 saturated heterocycles. The summed E-state index contributed by atoms with van der Waals surface area (Å²) in [5, 5.41) is 441. The smallest absolute Gasteiger partial charge is 0.217 e. The maximum Gasteiger partial charge on any atom is 0.217 e. The van der Waals surface area contributed by atoms with Gasteiger partial charge in [0.25, 0.3) is 0 Å². The van der Waals surface area contributed by atoms with Crippen LogP contribution in [-0.4, -0.2) is 696 Å². The Kier molecular flexibility index (Phi) is 44.2. The number of carbonyl (C=O) groups excluding carboxylic acids is 2. The molecule has 13 aliphatic rings. The molecule has 0 aromatic rings. The number of nitrogens with one attached hydrogen (secondary N) is 2. The lowest BCUT2D eigenvalue weighted by molar-refractivity contribution is -0.412. The monoisotopic (exact) mass is 2210 g/mol. The van der Waals surface area contributed by atoms with Gasteiger partial charge in [-0.2, -0.15) is 0 Å². The predicted octanol–water partition coefficient (Wildman–Crippen LogP) is -29.0. The van der Waals surface area contributed by atoms with Crippen LogP contribution >= 0.6 is 0 Å². The number of hydrogen-bond donors (Lipinski definition) is 41. The minimum atomic E-state index is -2.71. The van der Waals surface area contributed by atoms with E-state index in [-0.39, 0.29) is 0 Å². The summed E-state index contributed by atoms with van der Waals surface area (Å²) < 4.78 is 146. The summed E-state index contributed by atoms with van der Waals surface area (Å²) in [6.07, 6.45) is -140. The van der Waals surface area contributed by atoms with E-state index >= 15 is 0 Å². The van der Waals surface area contributed by atoms with Crippen molar-refractivity contribution in [2.75, 3.05) is 85.9 Å². The standard InChI is InChI=1S/C82H138N2O66/c1-16(96)83-31-44(109)60(27(12-94)128-70(31)125)141-71-32(84-17(2)97)45(110)61(28(13-95)138-71)142-79-59(124)66(43(108)30(140-79)15-126-72-52(117)48(113)38(103)29(139-72)14-127-73-55(120)62(39(104)23(8-90)129-73)146-80-67(49(114)35(100)20(5-87)135-80)148-75-54(119)47(112)34(99)19(4-86)131-75)147-81-69(51(116)37(102)21(6-88)136-81)150-82-68(50(115)36(101)22(7-89)137-82)149-78-58(123)65(42(107)26(11-93)134-78)145-77-57(122)64(41(106)25(10-92)133-77)144-76-56(121)63(40(105)24(9-91)132-76)143-74-53(118)46(111)33(98)18(3-85)130-74/h18-82,85-95,98-125H,3-15H2,1-2H3,(H,83,96)(H,84,97)/t18-,19-,20-,21-,22-,23-,24-,25-,26-,27-,28-,29-,30-,31-,32-,33-,34-,35-,36-,37-,38-,39-,40-,41-,42-,43-,44-,45-,46+,47+,48+,49+,50+,51+,52+,53-,54+,55+,56-,57-,58+,59+,60-,61-,62+,63+,64+,65+,66+,67+,68+,69+,70+,71+,72+,73+,74-,75-,76-,77-,78-,79+,80-,81-,82-/m1/s1. The zero-order chi connectivity index (χ0) is 110. The Morgan fingerprint density at radius 3 is 0.680 bits per heavy atom. The third-order valence-electron chi connectivity index (χ3n) is 28.0. The largest absolute Gasteiger partial charge is 0.394 e. The van der Waals surface area contributed by atoms with Crippen LogP contribution < -0.4 is 10.6 Å². The van der Waals surface area contributed by atoms with Crippen molar-refractivity contribution in [1.29, 1.82) is 0 Å². The maximum absolute atomic E-state index is 13.1. The molecule has 13 aliphatic heterocycles. The van der Waals surface area contributed by atoms with E-state index in [0.29, 0.717) is 0 Å². The SMILES string of the molecule is CC(=O)N[C@@H]1[C@@H](O)[C@H](O[C@@H]2O[C@H](CO)[C@@H](O[C@@H]3O[C@H](CO[C@H]4O[C@H](CO[C@H]5O[C@H](CO)[C@@H](O)[C@H](O[C@H]6O[C@H](CO)[C@@H](O)[C@H](O)[C@@H]6O[C@H]6O[C@H](CO)[C@@H](O)[C@H](O)[C@@H]6O)[C@@H]5O)[C@@H](O)[C@H](O)[C@@H]4O)[C@@H](O)[C@H](O[C@H]4O[C@H](CO)[C@@H](O)[C@H](O)[C@@H]4O[C@H]4O[C@H](CO)[C@@H](O)[C@H](O)[C@@H]4O[C@H]4O[C@H](CO)[C@@H](O)[C@H](O[C@H]5O[C@H](CO)[C@@H](O)[C@H](O[C@H]6O[C@H](CO)[C@@H](O)[C@H](O[C@H]7O[C@H](CO)[C@@H](O)[C@H](O)[C@H]7O)[C@H]6O)[C@H]5O)[C@@H]4O)[C@@H]3O)[C@H](O)[C@H]2NC(C)=O)[C@@H](CO)O[C@@H]1O. The van der Waals surface area contributed by atoms with Crippen LogP contribution in [0.25, 0.3) is 0 Å². The quantitative estimate of drug-likeness (QED) is 0.0272. The van der Waals surface area contributed by atoms with Gasteiger partial charge >= 0.3 is 0 Å². The molecule has 150 heavy (non-hydrogen) atoms. The van der Waals surface area contributed by atoms with Crippen LogP contribution in [0.15, 0.2) is 0 Å². The van der Waals surface area contributed by atoms with Crippen molar-refractivity contribution in [2.45, 2.75) is 413 Å². The minimum Gasteiger partial charge on any atom is -0.394 e. The fraction of sp³-hybridized carbons (Fsp3) is 0.976. The second-order valence-electron chi connectivity index (χ2n) is 38.0. The van der Waals surface area contributed by atoms with E-state index < -0.39 is 497 Å². The van der Waals surface area contributed by atoms with Crippen LogP contribution in [0, 0.1) is 0 Å². The van der Waals surface area contributed by atoms with Gasteiger partial charge in [0.1, 0.15) is 317 Å². The highest BCUT2D eigenvalue weighted by Gasteiger charge is 2.64. The Labute approximate surface area is 845 Å². The third-order valence-corrected chi connectivity index (χ3v) is 28.0. The van der Waals surface area contributed by atoms with Gasteiger partial charge in [-0.05, 0) is 0 Å². The average molecular weight is 2210 g/mol. The van der Waals surface area contributed by atoms with Crippen molar-refractivity contribution in [3.63, 3.8) is 0 Å². The first-order valence-electron chi connectivity index (χ1n) is 47.7. The third kappa shape index (κ3) is 26.2. The number of ether oxygens (including phenoxy) is 25. The molecule has 41 N–H and O–H groups in total. The minimum absolute atomic E-state index is 0.834.